The molecule has 1 saturated carbocycles. The van der Waals surface area contributed by atoms with Crippen molar-refractivity contribution >= 4 is 47.1 Å². The number of rotatable bonds is 4. The molecule has 1 aliphatic carbocycles. The number of thiophene rings is 1. The second-order valence-electron chi connectivity index (χ2n) is 5.86. The Hall–Kier alpha value is -1.15. The van der Waals surface area contributed by atoms with Crippen LogP contribution < -0.4 is 11.1 Å². The van der Waals surface area contributed by atoms with Crippen LogP contribution >= 0.6 is 35.3 Å². The van der Waals surface area contributed by atoms with Crippen molar-refractivity contribution in [2.75, 3.05) is 11.9 Å². The average molecular weight is 442 g/mol. The average Bonchev–Trinajstić information content (AvgIpc) is 3.10. The molecule has 0 aliphatic heterocycles. The first kappa shape index (κ1) is 18.2. The van der Waals surface area contributed by atoms with Gasteiger partial charge in [-0.25, -0.2) is 4.98 Å². The van der Waals surface area contributed by atoms with E-state index in [9.17, 15) is 0 Å². The molecule has 2 aromatic heterocycles. The first-order chi connectivity index (χ1) is 10.8. The number of hydrogen-bond acceptors (Lipinski definition) is 3. The van der Waals surface area contributed by atoms with Crippen LogP contribution in [0.4, 0.5) is 5.82 Å². The Morgan fingerprint density at radius 1 is 1.22 bits per heavy atom. The standard InChI is InChI=1S/C17H22N4S.HI/c18-16(21-15-8-2-5-11-19-15)20-13-17(9-3-1-4-10-17)14-7-6-12-22-14;/h2,5-8,11-12H,1,3-4,9-10,13H2,(H3,18,19,20,21);1H. The van der Waals surface area contributed by atoms with E-state index in [0.29, 0.717) is 5.96 Å². The van der Waals surface area contributed by atoms with Crippen molar-refractivity contribution in [3.05, 3.63) is 46.8 Å². The van der Waals surface area contributed by atoms with E-state index in [1.54, 1.807) is 6.20 Å². The highest BCUT2D eigenvalue weighted by Gasteiger charge is 2.34. The molecule has 0 amide bonds. The van der Waals surface area contributed by atoms with E-state index in [-0.39, 0.29) is 29.4 Å². The number of aromatic nitrogens is 1. The molecule has 0 radical (unpaired) electrons. The molecule has 23 heavy (non-hydrogen) atoms. The molecule has 0 spiro atoms. The molecule has 0 aromatic carbocycles. The van der Waals surface area contributed by atoms with E-state index < -0.39 is 0 Å². The lowest BCUT2D eigenvalue weighted by Gasteiger charge is -2.35. The third-order valence-electron chi connectivity index (χ3n) is 4.33. The molecule has 1 fully saturated rings. The monoisotopic (exact) mass is 442 g/mol. The van der Waals surface area contributed by atoms with Crippen LogP contribution in [0.15, 0.2) is 46.9 Å². The van der Waals surface area contributed by atoms with E-state index >= 15 is 0 Å². The minimum Gasteiger partial charge on any atom is -0.370 e. The summed E-state index contributed by atoms with van der Waals surface area (Å²) in [5.74, 6) is 1.18. The topological polar surface area (TPSA) is 63.3 Å². The summed E-state index contributed by atoms with van der Waals surface area (Å²) in [4.78, 5) is 10.3. The minimum absolute atomic E-state index is 0. The summed E-state index contributed by atoms with van der Waals surface area (Å²) in [7, 11) is 0. The number of hydrogen-bond donors (Lipinski definition) is 2. The zero-order valence-corrected chi connectivity index (χ0v) is 16.2. The summed E-state index contributed by atoms with van der Waals surface area (Å²) in [6.45, 7) is 0.749. The summed E-state index contributed by atoms with van der Waals surface area (Å²) < 4.78 is 0. The Labute approximate surface area is 158 Å². The fourth-order valence-electron chi connectivity index (χ4n) is 3.14. The Morgan fingerprint density at radius 3 is 2.70 bits per heavy atom. The van der Waals surface area contributed by atoms with E-state index in [1.807, 2.05) is 29.5 Å². The van der Waals surface area contributed by atoms with Crippen molar-refractivity contribution in [3.63, 3.8) is 0 Å². The Balaban J connectivity index is 0.00000192. The number of anilines is 1. The Kier molecular flexibility index (Phi) is 6.83. The van der Waals surface area contributed by atoms with Crippen LogP contribution in [0.3, 0.4) is 0 Å². The van der Waals surface area contributed by atoms with Gasteiger partial charge in [-0.1, -0.05) is 31.4 Å². The van der Waals surface area contributed by atoms with Gasteiger partial charge in [0.1, 0.15) is 5.82 Å². The molecule has 1 aliphatic rings. The smallest absolute Gasteiger partial charge is 0.194 e. The van der Waals surface area contributed by atoms with Gasteiger partial charge in [-0.05, 0) is 36.4 Å². The lowest BCUT2D eigenvalue weighted by atomic mass is 9.73. The lowest BCUT2D eigenvalue weighted by molar-refractivity contribution is 0.307. The maximum atomic E-state index is 6.04. The Bertz CT molecular complexity index is 607. The third-order valence-corrected chi connectivity index (χ3v) is 5.44. The number of nitrogens with two attached hydrogens (primary N) is 1. The highest BCUT2D eigenvalue weighted by atomic mass is 127. The molecule has 2 heterocycles. The lowest BCUT2D eigenvalue weighted by Crippen LogP contribution is -2.33. The molecule has 4 nitrogen and oxygen atoms in total. The van der Waals surface area contributed by atoms with Crippen molar-refractivity contribution in [3.8, 4) is 0 Å². The van der Waals surface area contributed by atoms with Gasteiger partial charge >= 0.3 is 0 Å². The summed E-state index contributed by atoms with van der Waals surface area (Å²) in [6, 6.07) is 10.1. The van der Waals surface area contributed by atoms with Crippen molar-refractivity contribution in [1.29, 1.82) is 0 Å². The highest BCUT2D eigenvalue weighted by molar-refractivity contribution is 14.0. The second-order valence-corrected chi connectivity index (χ2v) is 6.81. The fourth-order valence-corrected chi connectivity index (χ4v) is 4.11. The predicted octanol–water partition coefficient (Wildman–Crippen LogP) is 4.39. The molecule has 3 N–H and O–H groups in total. The molecule has 124 valence electrons. The third kappa shape index (κ3) is 4.67. The van der Waals surface area contributed by atoms with E-state index in [4.69, 9.17) is 5.73 Å². The maximum absolute atomic E-state index is 6.04. The highest BCUT2D eigenvalue weighted by Crippen LogP contribution is 2.41. The van der Waals surface area contributed by atoms with Crippen molar-refractivity contribution in [1.82, 2.24) is 4.98 Å². The van der Waals surface area contributed by atoms with E-state index in [2.05, 4.69) is 32.8 Å². The zero-order valence-electron chi connectivity index (χ0n) is 13.1. The first-order valence-electron chi connectivity index (χ1n) is 7.80. The first-order valence-corrected chi connectivity index (χ1v) is 8.68. The zero-order chi connectivity index (χ0) is 15.3. The van der Waals surface area contributed by atoms with Gasteiger partial charge in [0.05, 0.1) is 6.54 Å². The van der Waals surface area contributed by atoms with Crippen molar-refractivity contribution in [2.45, 2.75) is 37.5 Å². The molecule has 0 unspecified atom stereocenters. The van der Waals surface area contributed by atoms with Crippen LogP contribution in [0.25, 0.3) is 0 Å². The molecule has 3 rings (SSSR count). The SMILES string of the molecule is I.NC(=NCC1(c2cccs2)CCCCC1)Nc1ccccn1. The van der Waals surface area contributed by atoms with Crippen LogP contribution in [0.5, 0.6) is 0 Å². The number of guanidine groups is 1. The van der Waals surface area contributed by atoms with Crippen molar-refractivity contribution in [2.24, 2.45) is 10.7 Å². The predicted molar refractivity (Wildman–Crippen MR) is 109 cm³/mol. The summed E-state index contributed by atoms with van der Waals surface area (Å²) in [5, 5.41) is 5.22. The fraction of sp³-hybridized carbons (Fsp3) is 0.412. The number of aliphatic imine (C=N–C) groups is 1. The van der Waals surface area contributed by atoms with Gasteiger partial charge in [-0.15, -0.1) is 35.3 Å². The van der Waals surface area contributed by atoms with Gasteiger partial charge in [0.15, 0.2) is 5.96 Å². The van der Waals surface area contributed by atoms with Gasteiger partial charge in [-0.3, -0.25) is 4.99 Å². The molecule has 6 heteroatoms. The molecule has 0 saturated heterocycles. The molecule has 0 atom stereocenters. The molecule has 2 aromatic rings. The summed E-state index contributed by atoms with van der Waals surface area (Å²) >= 11 is 1.84. The maximum Gasteiger partial charge on any atom is 0.194 e. The summed E-state index contributed by atoms with van der Waals surface area (Å²) in [5.41, 5.74) is 6.21. The van der Waals surface area contributed by atoms with E-state index in [1.165, 1.54) is 37.0 Å². The largest absolute Gasteiger partial charge is 0.370 e. The van der Waals surface area contributed by atoms with Gasteiger partial charge in [-0.2, -0.15) is 0 Å². The Morgan fingerprint density at radius 2 is 2.04 bits per heavy atom. The number of nitrogens with zero attached hydrogens (tertiary/aromatic N) is 2. The van der Waals surface area contributed by atoms with Crippen LogP contribution in [0.2, 0.25) is 0 Å². The molecular formula is C17H23IN4S. The van der Waals surface area contributed by atoms with Crippen LogP contribution in [0, 0.1) is 0 Å². The number of nitrogens with one attached hydrogen (secondary N) is 1. The van der Waals surface area contributed by atoms with Crippen molar-refractivity contribution < 1.29 is 0 Å². The molecular weight excluding hydrogens is 419 g/mol. The second kappa shape index (κ2) is 8.63. The van der Waals surface area contributed by atoms with Crippen LogP contribution in [-0.4, -0.2) is 17.5 Å². The van der Waals surface area contributed by atoms with Gasteiger partial charge in [0.2, 0.25) is 0 Å². The van der Waals surface area contributed by atoms with Crippen LogP contribution in [-0.2, 0) is 5.41 Å². The van der Waals surface area contributed by atoms with Crippen LogP contribution in [0.1, 0.15) is 37.0 Å². The van der Waals surface area contributed by atoms with E-state index in [0.717, 1.165) is 12.4 Å². The number of halogens is 1. The minimum atomic E-state index is 0. The number of pyridine rings is 1. The van der Waals surface area contributed by atoms with Gasteiger partial charge in [0, 0.05) is 16.5 Å². The van der Waals surface area contributed by atoms with Gasteiger partial charge in [0.25, 0.3) is 0 Å². The normalized spacial score (nSPS) is 17.3. The quantitative estimate of drug-likeness (QED) is 0.420. The molecule has 0 bridgehead atoms. The summed E-state index contributed by atoms with van der Waals surface area (Å²) in [6.07, 6.45) is 8.03. The van der Waals surface area contributed by atoms with Gasteiger partial charge < -0.3 is 11.1 Å².